The Morgan fingerprint density at radius 1 is 1.35 bits per heavy atom. The third-order valence-electron chi connectivity index (χ3n) is 4.66. The van der Waals surface area contributed by atoms with E-state index in [9.17, 15) is 0 Å². The summed E-state index contributed by atoms with van der Waals surface area (Å²) in [4.78, 5) is 4.82. The first-order valence-corrected chi connectivity index (χ1v) is 8.19. The molecule has 112 valence electrons. The molecule has 0 aromatic carbocycles. The highest BCUT2D eigenvalue weighted by Gasteiger charge is 2.31. The van der Waals surface area contributed by atoms with Crippen LogP contribution in [0.25, 0.3) is 0 Å². The largest absolute Gasteiger partial charge is 0.379 e. The molecule has 2 atom stereocenters. The molecule has 1 N–H and O–H groups in total. The Bertz CT molecular complexity index is 455. The topological polar surface area (TPSA) is 39.1 Å². The molecule has 2 aliphatic rings. The second-order valence-electron chi connectivity index (χ2n) is 6.12. The summed E-state index contributed by atoms with van der Waals surface area (Å²) in [6.45, 7) is 7.19. The second-order valence-corrected chi connectivity index (χ2v) is 6.12. The monoisotopic (exact) mass is 277 g/mol. The maximum Gasteiger partial charge on any atom is 0.106 e. The van der Waals surface area contributed by atoms with Gasteiger partial charge in [0.15, 0.2) is 0 Å². The average molecular weight is 277 g/mol. The van der Waals surface area contributed by atoms with Crippen LogP contribution in [-0.4, -0.2) is 35.4 Å². The number of aryl methyl sites for hydroxylation is 2. The van der Waals surface area contributed by atoms with E-state index < -0.39 is 0 Å². The van der Waals surface area contributed by atoms with Crippen LogP contribution in [0.1, 0.15) is 55.9 Å². The Morgan fingerprint density at radius 2 is 2.20 bits per heavy atom. The molecule has 20 heavy (non-hydrogen) atoms. The van der Waals surface area contributed by atoms with Crippen LogP contribution in [0.2, 0.25) is 0 Å². The third kappa shape index (κ3) is 2.63. The zero-order valence-electron chi connectivity index (χ0n) is 12.8. The fourth-order valence-corrected chi connectivity index (χ4v) is 3.68. The van der Waals surface area contributed by atoms with Gasteiger partial charge >= 0.3 is 0 Å². The summed E-state index contributed by atoms with van der Waals surface area (Å²) in [6, 6.07) is 0.951. The molecule has 4 nitrogen and oxygen atoms in total. The Kier molecular flexibility index (Phi) is 4.41. The lowest BCUT2D eigenvalue weighted by Gasteiger charge is -2.35. The SMILES string of the molecule is CCCNC1CCOCC1n1c(C)nc2c1CCCC2. The zero-order valence-corrected chi connectivity index (χ0v) is 12.8. The predicted molar refractivity (Wildman–Crippen MR) is 80.2 cm³/mol. The van der Waals surface area contributed by atoms with Crippen molar-refractivity contribution in [2.75, 3.05) is 19.8 Å². The molecule has 1 aliphatic heterocycles. The second kappa shape index (κ2) is 6.27. The maximum absolute atomic E-state index is 5.77. The van der Waals surface area contributed by atoms with E-state index in [0.29, 0.717) is 12.1 Å². The van der Waals surface area contributed by atoms with Crippen molar-refractivity contribution in [1.82, 2.24) is 14.9 Å². The number of aromatic nitrogens is 2. The van der Waals surface area contributed by atoms with Gasteiger partial charge in [0.05, 0.1) is 18.3 Å². The molecule has 3 rings (SSSR count). The van der Waals surface area contributed by atoms with Gasteiger partial charge in [-0.15, -0.1) is 0 Å². The molecule has 2 heterocycles. The van der Waals surface area contributed by atoms with Crippen LogP contribution in [0.4, 0.5) is 0 Å². The normalized spacial score (nSPS) is 26.5. The number of rotatable bonds is 4. The summed E-state index contributed by atoms with van der Waals surface area (Å²) in [5, 5.41) is 3.72. The molecule has 1 aromatic rings. The Morgan fingerprint density at radius 3 is 3.05 bits per heavy atom. The minimum Gasteiger partial charge on any atom is -0.379 e. The van der Waals surface area contributed by atoms with Crippen molar-refractivity contribution < 1.29 is 4.74 Å². The number of imidazole rings is 1. The van der Waals surface area contributed by atoms with Crippen molar-refractivity contribution in [1.29, 1.82) is 0 Å². The molecule has 0 saturated carbocycles. The molecular formula is C16H27N3O. The van der Waals surface area contributed by atoms with Gasteiger partial charge in [-0.05, 0) is 52.0 Å². The lowest BCUT2D eigenvalue weighted by Crippen LogP contribution is -2.45. The van der Waals surface area contributed by atoms with E-state index in [1.807, 2.05) is 0 Å². The van der Waals surface area contributed by atoms with Gasteiger partial charge in [-0.1, -0.05) is 6.92 Å². The van der Waals surface area contributed by atoms with Crippen LogP contribution in [0.3, 0.4) is 0 Å². The molecule has 0 spiro atoms. The zero-order chi connectivity index (χ0) is 13.9. The molecule has 0 amide bonds. The van der Waals surface area contributed by atoms with Gasteiger partial charge in [0.2, 0.25) is 0 Å². The van der Waals surface area contributed by atoms with E-state index in [1.165, 1.54) is 42.9 Å². The van der Waals surface area contributed by atoms with Crippen molar-refractivity contribution in [2.45, 2.75) is 64.5 Å². The van der Waals surface area contributed by atoms with E-state index in [-0.39, 0.29) is 0 Å². The van der Waals surface area contributed by atoms with E-state index in [1.54, 1.807) is 0 Å². The van der Waals surface area contributed by atoms with Crippen molar-refractivity contribution in [3.05, 3.63) is 17.2 Å². The lowest BCUT2D eigenvalue weighted by atomic mass is 9.98. The molecule has 0 bridgehead atoms. The Hall–Kier alpha value is -0.870. The summed E-state index contributed by atoms with van der Waals surface area (Å²) in [5.41, 5.74) is 2.82. The first kappa shape index (κ1) is 14.1. The summed E-state index contributed by atoms with van der Waals surface area (Å²) in [5.74, 6) is 1.18. The van der Waals surface area contributed by atoms with Crippen molar-refractivity contribution in [3.8, 4) is 0 Å². The van der Waals surface area contributed by atoms with Crippen LogP contribution in [0, 0.1) is 6.92 Å². The molecular weight excluding hydrogens is 250 g/mol. The molecule has 1 aliphatic carbocycles. The first-order chi connectivity index (χ1) is 9.81. The number of hydrogen-bond donors (Lipinski definition) is 1. The summed E-state index contributed by atoms with van der Waals surface area (Å²) < 4.78 is 8.26. The van der Waals surface area contributed by atoms with Crippen LogP contribution in [0.15, 0.2) is 0 Å². The minimum absolute atomic E-state index is 0.421. The van der Waals surface area contributed by atoms with Crippen molar-refractivity contribution >= 4 is 0 Å². The third-order valence-corrected chi connectivity index (χ3v) is 4.66. The fraction of sp³-hybridized carbons (Fsp3) is 0.812. The number of nitrogens with zero attached hydrogens (tertiary/aromatic N) is 2. The molecule has 4 heteroatoms. The molecule has 1 aromatic heterocycles. The number of fused-ring (bicyclic) bond motifs is 1. The fourth-order valence-electron chi connectivity index (χ4n) is 3.68. The summed E-state index contributed by atoms with van der Waals surface area (Å²) in [6.07, 6.45) is 7.24. The average Bonchev–Trinajstić information content (AvgIpc) is 2.81. The standard InChI is InChI=1S/C16H27N3O/c1-3-9-17-13-8-10-20-11-16(13)19-12(2)18-14-6-4-5-7-15(14)19/h13,16-17H,3-11H2,1-2H3. The quantitative estimate of drug-likeness (QED) is 0.918. The smallest absolute Gasteiger partial charge is 0.106 e. The van der Waals surface area contributed by atoms with E-state index in [2.05, 4.69) is 23.7 Å². The van der Waals surface area contributed by atoms with Gasteiger partial charge in [0.1, 0.15) is 5.82 Å². The van der Waals surface area contributed by atoms with Crippen LogP contribution in [-0.2, 0) is 17.6 Å². The Labute approximate surface area is 121 Å². The van der Waals surface area contributed by atoms with Crippen molar-refractivity contribution in [2.24, 2.45) is 0 Å². The number of ether oxygens (including phenoxy) is 1. The summed E-state index contributed by atoms with van der Waals surface area (Å²) >= 11 is 0. The van der Waals surface area contributed by atoms with Gasteiger partial charge in [0, 0.05) is 18.3 Å². The van der Waals surface area contributed by atoms with Crippen LogP contribution in [0.5, 0.6) is 0 Å². The van der Waals surface area contributed by atoms with Crippen molar-refractivity contribution in [3.63, 3.8) is 0 Å². The van der Waals surface area contributed by atoms with Crippen LogP contribution < -0.4 is 5.32 Å². The highest BCUT2D eigenvalue weighted by molar-refractivity contribution is 5.21. The minimum atomic E-state index is 0.421. The van der Waals surface area contributed by atoms with E-state index >= 15 is 0 Å². The summed E-state index contributed by atoms with van der Waals surface area (Å²) in [7, 11) is 0. The lowest BCUT2D eigenvalue weighted by molar-refractivity contribution is 0.0353. The van der Waals surface area contributed by atoms with Gasteiger partial charge in [0.25, 0.3) is 0 Å². The highest BCUT2D eigenvalue weighted by atomic mass is 16.5. The molecule has 2 unspecified atom stereocenters. The Balaban J connectivity index is 1.87. The highest BCUT2D eigenvalue weighted by Crippen LogP contribution is 2.29. The van der Waals surface area contributed by atoms with E-state index in [0.717, 1.165) is 32.6 Å². The van der Waals surface area contributed by atoms with Gasteiger partial charge in [-0.2, -0.15) is 0 Å². The number of nitrogens with one attached hydrogen (secondary N) is 1. The van der Waals surface area contributed by atoms with Crippen LogP contribution >= 0.6 is 0 Å². The molecule has 0 radical (unpaired) electrons. The molecule has 1 saturated heterocycles. The predicted octanol–water partition coefficient (Wildman–Crippen LogP) is 2.40. The molecule has 1 fully saturated rings. The first-order valence-electron chi connectivity index (χ1n) is 8.19. The van der Waals surface area contributed by atoms with Gasteiger partial charge < -0.3 is 14.6 Å². The van der Waals surface area contributed by atoms with Gasteiger partial charge in [-0.3, -0.25) is 0 Å². The van der Waals surface area contributed by atoms with E-state index in [4.69, 9.17) is 9.72 Å². The maximum atomic E-state index is 5.77. The number of hydrogen-bond acceptors (Lipinski definition) is 3. The van der Waals surface area contributed by atoms with Gasteiger partial charge in [-0.25, -0.2) is 4.98 Å².